The summed E-state index contributed by atoms with van der Waals surface area (Å²) in [4.78, 5) is 12.5. The number of hydrogen-bond donors (Lipinski definition) is 1. The molecule has 0 radical (unpaired) electrons. The second-order valence-electron chi connectivity index (χ2n) is 7.35. The number of rotatable bonds is 11. The van der Waals surface area contributed by atoms with Gasteiger partial charge in [0, 0.05) is 21.2 Å². The topological polar surface area (TPSA) is 78.4 Å². The highest BCUT2D eigenvalue weighted by molar-refractivity contribution is 6.35. The van der Waals surface area contributed by atoms with Gasteiger partial charge < -0.3 is 18.9 Å². The molecule has 0 aliphatic carbocycles. The molecule has 0 heterocycles. The number of benzene rings is 3. The third-order valence-corrected chi connectivity index (χ3v) is 5.44. The van der Waals surface area contributed by atoms with Gasteiger partial charge in [-0.1, -0.05) is 36.2 Å². The molecule has 3 aromatic carbocycles. The Morgan fingerprint density at radius 2 is 1.63 bits per heavy atom. The maximum absolute atomic E-state index is 12.5. The van der Waals surface area contributed by atoms with Gasteiger partial charge in [-0.2, -0.15) is 5.10 Å². The number of methoxy groups -OCH3 is 2. The lowest BCUT2D eigenvalue weighted by molar-refractivity contribution is 0.0954. The predicted octanol–water partition coefficient (Wildman–Crippen LogP) is 6.14. The Hall–Kier alpha value is -3.42. The Labute approximate surface area is 214 Å². The predicted molar refractivity (Wildman–Crippen MR) is 138 cm³/mol. The molecular formula is C26H26Cl2N2O5. The number of carbonyl (C=O) groups excluding carboxylic acids is 1. The zero-order valence-corrected chi connectivity index (χ0v) is 21.2. The zero-order valence-electron chi connectivity index (χ0n) is 19.6. The van der Waals surface area contributed by atoms with Crippen LogP contribution in [0.2, 0.25) is 10.0 Å². The first-order valence-electron chi connectivity index (χ1n) is 10.8. The van der Waals surface area contributed by atoms with Gasteiger partial charge in [0.25, 0.3) is 5.91 Å². The van der Waals surface area contributed by atoms with Crippen LogP contribution in [0.25, 0.3) is 0 Å². The molecule has 0 unspecified atom stereocenters. The number of hydrazone groups is 1. The molecular weight excluding hydrogens is 491 g/mol. The Balaban J connectivity index is 1.63. The normalized spacial score (nSPS) is 10.8. The van der Waals surface area contributed by atoms with E-state index >= 15 is 0 Å². The van der Waals surface area contributed by atoms with Gasteiger partial charge in [0.1, 0.15) is 6.61 Å². The molecule has 0 fully saturated rings. The summed E-state index contributed by atoms with van der Waals surface area (Å²) < 4.78 is 22.2. The van der Waals surface area contributed by atoms with Crippen LogP contribution >= 0.6 is 23.2 Å². The van der Waals surface area contributed by atoms with E-state index in [9.17, 15) is 4.79 Å². The van der Waals surface area contributed by atoms with Crippen molar-refractivity contribution in [3.63, 3.8) is 0 Å². The Kier molecular flexibility index (Phi) is 9.64. The molecule has 0 aliphatic rings. The number of halogens is 2. The first-order valence-corrected chi connectivity index (χ1v) is 11.6. The van der Waals surface area contributed by atoms with E-state index in [1.54, 1.807) is 55.6 Å². The second kappa shape index (κ2) is 12.9. The number of nitrogens with zero attached hydrogens (tertiary/aromatic N) is 1. The molecule has 3 rings (SSSR count). The van der Waals surface area contributed by atoms with Crippen molar-refractivity contribution in [3.05, 3.63) is 81.3 Å². The summed E-state index contributed by atoms with van der Waals surface area (Å²) in [6, 6.07) is 15.5. The summed E-state index contributed by atoms with van der Waals surface area (Å²) in [7, 11) is 3.07. The van der Waals surface area contributed by atoms with Crippen LogP contribution in [0.3, 0.4) is 0 Å². The van der Waals surface area contributed by atoms with Gasteiger partial charge in [-0.3, -0.25) is 4.79 Å². The summed E-state index contributed by atoms with van der Waals surface area (Å²) >= 11 is 12.1. The van der Waals surface area contributed by atoms with E-state index in [2.05, 4.69) is 10.5 Å². The summed E-state index contributed by atoms with van der Waals surface area (Å²) in [5.41, 5.74) is 4.41. The highest BCUT2D eigenvalue weighted by Crippen LogP contribution is 2.30. The summed E-state index contributed by atoms with van der Waals surface area (Å²) in [6.45, 7) is 2.83. The van der Waals surface area contributed by atoms with E-state index in [1.165, 1.54) is 13.3 Å². The van der Waals surface area contributed by atoms with Crippen molar-refractivity contribution >= 4 is 35.3 Å². The van der Waals surface area contributed by atoms with Crippen LogP contribution in [0.4, 0.5) is 0 Å². The molecule has 0 bridgehead atoms. The number of carbonyl (C=O) groups is 1. The van der Waals surface area contributed by atoms with Crippen LogP contribution in [0.5, 0.6) is 23.0 Å². The molecule has 0 atom stereocenters. The van der Waals surface area contributed by atoms with Gasteiger partial charge in [-0.25, -0.2) is 5.43 Å². The van der Waals surface area contributed by atoms with Crippen molar-refractivity contribution < 1.29 is 23.7 Å². The Bertz CT molecular complexity index is 1200. The van der Waals surface area contributed by atoms with Crippen molar-refractivity contribution in [1.29, 1.82) is 0 Å². The van der Waals surface area contributed by atoms with Crippen molar-refractivity contribution in [1.82, 2.24) is 5.43 Å². The molecule has 0 saturated carbocycles. The van der Waals surface area contributed by atoms with E-state index in [4.69, 9.17) is 42.1 Å². The molecule has 9 heteroatoms. The fraction of sp³-hybridized carbons (Fsp3) is 0.231. The SMILES string of the molecule is CCCOc1ccc(C(=O)N/N=C/c2ccc(OCc3ccc(Cl)cc3Cl)c(OC)c2)cc1OC. The fourth-order valence-corrected chi connectivity index (χ4v) is 3.51. The number of ether oxygens (including phenoxy) is 4. The lowest BCUT2D eigenvalue weighted by Gasteiger charge is -2.12. The lowest BCUT2D eigenvalue weighted by Crippen LogP contribution is -2.17. The Morgan fingerprint density at radius 3 is 2.34 bits per heavy atom. The van der Waals surface area contributed by atoms with Crippen LogP contribution in [0.15, 0.2) is 59.7 Å². The van der Waals surface area contributed by atoms with Gasteiger partial charge >= 0.3 is 0 Å². The minimum atomic E-state index is -0.381. The largest absolute Gasteiger partial charge is 0.493 e. The van der Waals surface area contributed by atoms with Crippen molar-refractivity contribution in [2.24, 2.45) is 5.10 Å². The third-order valence-electron chi connectivity index (χ3n) is 4.85. The van der Waals surface area contributed by atoms with Gasteiger partial charge in [0.15, 0.2) is 23.0 Å². The van der Waals surface area contributed by atoms with Gasteiger partial charge in [-0.05, 0) is 60.5 Å². The van der Waals surface area contributed by atoms with Crippen LogP contribution < -0.4 is 24.4 Å². The van der Waals surface area contributed by atoms with Crippen molar-refractivity contribution in [3.8, 4) is 23.0 Å². The monoisotopic (exact) mass is 516 g/mol. The molecule has 7 nitrogen and oxygen atoms in total. The fourth-order valence-electron chi connectivity index (χ4n) is 3.05. The van der Waals surface area contributed by atoms with Crippen LogP contribution in [0, 0.1) is 0 Å². The maximum atomic E-state index is 12.5. The average Bonchev–Trinajstić information content (AvgIpc) is 2.87. The van der Waals surface area contributed by atoms with Crippen LogP contribution in [-0.4, -0.2) is 32.9 Å². The van der Waals surface area contributed by atoms with Gasteiger partial charge in [-0.15, -0.1) is 0 Å². The zero-order chi connectivity index (χ0) is 25.2. The van der Waals surface area contributed by atoms with E-state index in [0.29, 0.717) is 50.8 Å². The van der Waals surface area contributed by atoms with E-state index in [0.717, 1.165) is 12.0 Å². The number of amides is 1. The van der Waals surface area contributed by atoms with Crippen LogP contribution in [-0.2, 0) is 6.61 Å². The average molecular weight is 517 g/mol. The van der Waals surface area contributed by atoms with Crippen LogP contribution in [0.1, 0.15) is 34.8 Å². The molecule has 184 valence electrons. The van der Waals surface area contributed by atoms with Crippen molar-refractivity contribution in [2.45, 2.75) is 20.0 Å². The van der Waals surface area contributed by atoms with E-state index < -0.39 is 0 Å². The molecule has 0 saturated heterocycles. The van der Waals surface area contributed by atoms with E-state index in [-0.39, 0.29) is 12.5 Å². The summed E-state index contributed by atoms with van der Waals surface area (Å²) in [5, 5.41) is 5.13. The summed E-state index contributed by atoms with van der Waals surface area (Å²) in [5.74, 6) is 1.74. The highest BCUT2D eigenvalue weighted by atomic mass is 35.5. The molecule has 3 aromatic rings. The first kappa shape index (κ1) is 26.2. The molecule has 1 amide bonds. The minimum Gasteiger partial charge on any atom is -0.493 e. The Morgan fingerprint density at radius 1 is 0.914 bits per heavy atom. The first-order chi connectivity index (χ1) is 16.9. The second-order valence-corrected chi connectivity index (χ2v) is 8.19. The highest BCUT2D eigenvalue weighted by Gasteiger charge is 2.11. The van der Waals surface area contributed by atoms with E-state index in [1.807, 2.05) is 13.0 Å². The van der Waals surface area contributed by atoms with Crippen molar-refractivity contribution in [2.75, 3.05) is 20.8 Å². The smallest absolute Gasteiger partial charge is 0.271 e. The molecule has 0 spiro atoms. The summed E-state index contributed by atoms with van der Waals surface area (Å²) in [6.07, 6.45) is 2.38. The number of nitrogens with one attached hydrogen (secondary N) is 1. The molecule has 0 aliphatic heterocycles. The standard InChI is InChI=1S/C26H26Cl2N2O5/c1-4-11-34-22-10-7-18(13-25(22)33-3)26(31)30-29-15-17-5-9-23(24(12-17)32-2)35-16-19-6-8-20(27)14-21(19)28/h5-10,12-15H,4,11,16H2,1-3H3,(H,30,31)/b29-15+. The number of hydrogen-bond acceptors (Lipinski definition) is 6. The maximum Gasteiger partial charge on any atom is 0.271 e. The lowest BCUT2D eigenvalue weighted by atomic mass is 10.2. The third kappa shape index (κ3) is 7.28. The van der Waals surface area contributed by atoms with Gasteiger partial charge in [0.05, 0.1) is 27.0 Å². The van der Waals surface area contributed by atoms with Gasteiger partial charge in [0.2, 0.25) is 0 Å². The molecule has 35 heavy (non-hydrogen) atoms. The minimum absolute atomic E-state index is 0.252. The molecule has 0 aromatic heterocycles. The molecule has 1 N–H and O–H groups in total. The quantitative estimate of drug-likeness (QED) is 0.244.